The summed E-state index contributed by atoms with van der Waals surface area (Å²) in [6, 6.07) is -0.418. The molecule has 5 N–H and O–H groups in total. The first-order chi connectivity index (χ1) is 7.63. The molecule has 0 radical (unpaired) electrons. The number of hydrogen-bond acceptors (Lipinski definition) is 4. The molecule has 0 spiro atoms. The zero-order valence-electron chi connectivity index (χ0n) is 9.43. The van der Waals surface area contributed by atoms with Gasteiger partial charge in [-0.15, -0.1) is 0 Å². The smallest absolute Gasteiger partial charge is 0.326 e. The Morgan fingerprint density at radius 3 is 2.56 bits per heavy atom. The first kappa shape index (κ1) is 13.2. The molecule has 1 saturated carbocycles. The van der Waals surface area contributed by atoms with Crippen molar-refractivity contribution in [2.75, 3.05) is 13.2 Å². The van der Waals surface area contributed by atoms with Crippen molar-refractivity contribution in [1.82, 2.24) is 10.4 Å². The number of carbonyl (C=O) groups excluding carboxylic acids is 1. The molecule has 0 saturated heterocycles. The number of nitrogens with two attached hydrogens (primary N) is 1. The lowest BCUT2D eigenvalue weighted by molar-refractivity contribution is 0.0194. The highest BCUT2D eigenvalue weighted by Gasteiger charge is 2.23. The van der Waals surface area contributed by atoms with Crippen LogP contribution in [0, 0.1) is 0 Å². The number of aliphatic hydroxyl groups excluding tert-OH is 2. The molecule has 6 nitrogen and oxygen atoms in total. The van der Waals surface area contributed by atoms with Crippen LogP contribution in [0.1, 0.15) is 32.1 Å². The average molecular weight is 231 g/mol. The number of nitrogens with zero attached hydrogens (tertiary/aromatic N) is 1. The summed E-state index contributed by atoms with van der Waals surface area (Å²) in [4.78, 5) is 10.8. The summed E-state index contributed by atoms with van der Waals surface area (Å²) < 4.78 is 0. The van der Waals surface area contributed by atoms with Gasteiger partial charge in [0.15, 0.2) is 0 Å². The quantitative estimate of drug-likeness (QED) is 0.482. The van der Waals surface area contributed by atoms with Crippen LogP contribution in [-0.2, 0) is 0 Å². The minimum absolute atomic E-state index is 0.211. The Hall–Kier alpha value is -0.850. The molecule has 0 aliphatic heterocycles. The Balaban J connectivity index is 2.50. The molecule has 6 heteroatoms. The molecule has 1 unspecified atom stereocenters. The Morgan fingerprint density at radius 1 is 1.44 bits per heavy atom. The molecule has 16 heavy (non-hydrogen) atoms. The van der Waals surface area contributed by atoms with Crippen molar-refractivity contribution in [3.8, 4) is 0 Å². The fraction of sp³-hybridized carbons (Fsp3) is 0.900. The lowest BCUT2D eigenvalue weighted by Crippen LogP contribution is -2.54. The first-order valence-corrected chi connectivity index (χ1v) is 5.75. The zero-order chi connectivity index (χ0) is 12.0. The average Bonchev–Trinajstić information content (AvgIpc) is 2.28. The van der Waals surface area contributed by atoms with Gasteiger partial charge in [0.05, 0.1) is 12.7 Å². The zero-order valence-corrected chi connectivity index (χ0v) is 9.43. The van der Waals surface area contributed by atoms with Crippen molar-refractivity contribution in [1.29, 1.82) is 0 Å². The second-order valence-electron chi connectivity index (χ2n) is 4.26. The highest BCUT2D eigenvalue weighted by Crippen LogP contribution is 2.21. The van der Waals surface area contributed by atoms with Crippen LogP contribution in [0.15, 0.2) is 0 Å². The van der Waals surface area contributed by atoms with Gasteiger partial charge in [0, 0.05) is 12.6 Å². The highest BCUT2D eigenvalue weighted by atomic mass is 16.3. The summed E-state index contributed by atoms with van der Waals surface area (Å²) in [5, 5.41) is 19.8. The summed E-state index contributed by atoms with van der Waals surface area (Å²) in [7, 11) is 0. The Morgan fingerprint density at radius 2 is 2.06 bits per heavy atom. The lowest BCUT2D eigenvalue weighted by Gasteiger charge is -2.34. The van der Waals surface area contributed by atoms with Gasteiger partial charge in [-0.05, 0) is 12.8 Å². The Kier molecular flexibility index (Phi) is 5.51. The Labute approximate surface area is 95.4 Å². The summed E-state index contributed by atoms with van der Waals surface area (Å²) in [6.45, 7) is -0.103. The minimum Gasteiger partial charge on any atom is -0.394 e. The van der Waals surface area contributed by atoms with Gasteiger partial charge in [-0.3, -0.25) is 5.43 Å². The number of carbonyl (C=O) groups is 1. The van der Waals surface area contributed by atoms with E-state index in [1.54, 1.807) is 5.01 Å². The molecular formula is C10H21N3O3. The van der Waals surface area contributed by atoms with Crippen molar-refractivity contribution < 1.29 is 15.0 Å². The van der Waals surface area contributed by atoms with E-state index in [0.717, 1.165) is 25.7 Å². The highest BCUT2D eigenvalue weighted by molar-refractivity contribution is 5.71. The molecule has 1 rings (SSSR count). The van der Waals surface area contributed by atoms with Crippen LogP contribution in [0.3, 0.4) is 0 Å². The van der Waals surface area contributed by atoms with Gasteiger partial charge in [-0.25, -0.2) is 9.80 Å². The van der Waals surface area contributed by atoms with Gasteiger partial charge in [-0.2, -0.15) is 0 Å². The second kappa shape index (κ2) is 6.67. The van der Waals surface area contributed by atoms with Crippen molar-refractivity contribution in [2.45, 2.75) is 44.2 Å². The number of hydrazine groups is 1. The normalized spacial score (nSPS) is 19.7. The lowest BCUT2D eigenvalue weighted by atomic mass is 9.95. The number of primary amides is 1. The van der Waals surface area contributed by atoms with Gasteiger partial charge in [-0.1, -0.05) is 19.3 Å². The van der Waals surface area contributed by atoms with E-state index in [0.29, 0.717) is 0 Å². The molecule has 2 amide bonds. The molecule has 0 aromatic rings. The molecule has 0 aromatic carbocycles. The number of urea groups is 1. The largest absolute Gasteiger partial charge is 0.394 e. The molecule has 1 aliphatic rings. The van der Waals surface area contributed by atoms with E-state index in [-0.39, 0.29) is 19.2 Å². The van der Waals surface area contributed by atoms with Crippen LogP contribution in [-0.4, -0.2) is 46.6 Å². The van der Waals surface area contributed by atoms with Crippen LogP contribution >= 0.6 is 0 Å². The van der Waals surface area contributed by atoms with Crippen LogP contribution in [0.5, 0.6) is 0 Å². The van der Waals surface area contributed by atoms with Crippen LogP contribution in [0.4, 0.5) is 4.79 Å². The van der Waals surface area contributed by atoms with E-state index < -0.39 is 12.1 Å². The van der Waals surface area contributed by atoms with E-state index in [2.05, 4.69) is 5.43 Å². The molecule has 1 aliphatic carbocycles. The summed E-state index contributed by atoms with van der Waals surface area (Å²) >= 11 is 0. The SMILES string of the molecule is NC(=O)NN(CC(O)CO)C1CCCCC1. The van der Waals surface area contributed by atoms with Crippen molar-refractivity contribution in [3.05, 3.63) is 0 Å². The third-order valence-electron chi connectivity index (χ3n) is 2.89. The van der Waals surface area contributed by atoms with Gasteiger partial charge >= 0.3 is 6.03 Å². The van der Waals surface area contributed by atoms with Gasteiger partial charge < -0.3 is 15.9 Å². The maximum atomic E-state index is 10.8. The fourth-order valence-electron chi connectivity index (χ4n) is 2.11. The van der Waals surface area contributed by atoms with E-state index in [1.165, 1.54) is 6.42 Å². The first-order valence-electron chi connectivity index (χ1n) is 5.75. The van der Waals surface area contributed by atoms with Crippen molar-refractivity contribution in [2.24, 2.45) is 5.73 Å². The number of hydrogen-bond donors (Lipinski definition) is 4. The van der Waals surface area contributed by atoms with Crippen molar-refractivity contribution in [3.63, 3.8) is 0 Å². The van der Waals surface area contributed by atoms with Gasteiger partial charge in [0.1, 0.15) is 0 Å². The molecule has 1 atom stereocenters. The summed E-state index contributed by atoms with van der Waals surface area (Å²) in [5.41, 5.74) is 7.60. The third kappa shape index (κ3) is 4.34. The molecule has 0 bridgehead atoms. The summed E-state index contributed by atoms with van der Waals surface area (Å²) in [6.07, 6.45) is 4.57. The monoisotopic (exact) mass is 231 g/mol. The predicted octanol–water partition coefficient (Wildman–Crippen LogP) is -0.442. The minimum atomic E-state index is -0.853. The van der Waals surface area contributed by atoms with Crippen molar-refractivity contribution >= 4 is 6.03 Å². The topological polar surface area (TPSA) is 98.8 Å². The Bertz CT molecular complexity index is 219. The van der Waals surface area contributed by atoms with E-state index in [4.69, 9.17) is 10.8 Å². The number of aliphatic hydroxyl groups is 2. The van der Waals surface area contributed by atoms with Crippen LogP contribution in [0.2, 0.25) is 0 Å². The van der Waals surface area contributed by atoms with Crippen LogP contribution < -0.4 is 11.2 Å². The molecule has 0 aromatic heterocycles. The maximum absolute atomic E-state index is 10.8. The maximum Gasteiger partial charge on any atom is 0.326 e. The molecular weight excluding hydrogens is 210 g/mol. The van der Waals surface area contributed by atoms with E-state index in [1.807, 2.05) is 0 Å². The van der Waals surface area contributed by atoms with E-state index in [9.17, 15) is 9.90 Å². The van der Waals surface area contributed by atoms with Gasteiger partial charge in [0.2, 0.25) is 0 Å². The second-order valence-corrected chi connectivity index (χ2v) is 4.26. The summed E-state index contributed by atoms with van der Waals surface area (Å²) in [5.74, 6) is 0. The molecule has 0 heterocycles. The number of rotatable bonds is 5. The standard InChI is InChI=1S/C10H21N3O3/c11-10(16)12-13(6-9(15)7-14)8-4-2-1-3-5-8/h8-9,14-15H,1-7H2,(H3,11,12,16). The van der Waals surface area contributed by atoms with E-state index >= 15 is 0 Å². The predicted molar refractivity (Wildman–Crippen MR) is 59.4 cm³/mol. The van der Waals surface area contributed by atoms with Crippen LogP contribution in [0.25, 0.3) is 0 Å². The molecule has 94 valence electrons. The third-order valence-corrected chi connectivity index (χ3v) is 2.89. The van der Waals surface area contributed by atoms with Gasteiger partial charge in [0.25, 0.3) is 0 Å². The number of amides is 2. The fourth-order valence-corrected chi connectivity index (χ4v) is 2.11. The molecule has 1 fully saturated rings. The number of nitrogens with one attached hydrogen (secondary N) is 1.